The molecule has 2 N–H and O–H groups in total. The molecule has 2 unspecified atom stereocenters. The molecule has 2 atom stereocenters. The lowest BCUT2D eigenvalue weighted by Gasteiger charge is -2.49. The summed E-state index contributed by atoms with van der Waals surface area (Å²) in [6.07, 6.45) is 2.32. The molecule has 5 rings (SSSR count). The van der Waals surface area contributed by atoms with Gasteiger partial charge in [0.2, 0.25) is 5.91 Å². The van der Waals surface area contributed by atoms with E-state index < -0.39 is 0 Å². The van der Waals surface area contributed by atoms with Gasteiger partial charge in [0.05, 0.1) is 0 Å². The monoisotopic (exact) mass is 401 g/mol. The Labute approximate surface area is 167 Å². The summed E-state index contributed by atoms with van der Waals surface area (Å²) in [5, 5.41) is 13.6. The van der Waals surface area contributed by atoms with E-state index in [1.807, 2.05) is 12.1 Å². The standard InChI is InChI=1S/C19H23N5O3S/c1-11-16(13-7-9-24(11)10-8-13)21-17(26)14-3-5-15(6-4-14)28-19-23-22-18(27-19)20-12(2)25/h3-6,11,13,16H,7-10H2,1-2H3,(H,21,26)(H,20,22,25). The quantitative estimate of drug-likeness (QED) is 0.793. The van der Waals surface area contributed by atoms with Crippen molar-refractivity contribution in [1.29, 1.82) is 0 Å². The van der Waals surface area contributed by atoms with E-state index in [2.05, 4.69) is 32.7 Å². The maximum absolute atomic E-state index is 12.7. The highest BCUT2D eigenvalue weighted by Gasteiger charge is 2.40. The number of rotatable bonds is 5. The molecule has 3 fully saturated rings. The van der Waals surface area contributed by atoms with Gasteiger partial charge in [-0.25, -0.2) is 0 Å². The van der Waals surface area contributed by atoms with E-state index in [-0.39, 0.29) is 23.9 Å². The van der Waals surface area contributed by atoms with Gasteiger partial charge in [-0.2, -0.15) is 0 Å². The molecule has 2 bridgehead atoms. The number of carbonyl (C=O) groups is 2. The maximum Gasteiger partial charge on any atom is 0.322 e. The van der Waals surface area contributed by atoms with Crippen LogP contribution in [0.15, 0.2) is 38.8 Å². The van der Waals surface area contributed by atoms with Crippen molar-refractivity contribution < 1.29 is 14.0 Å². The Morgan fingerprint density at radius 2 is 1.89 bits per heavy atom. The van der Waals surface area contributed by atoms with Crippen LogP contribution >= 0.6 is 11.8 Å². The molecule has 1 aromatic heterocycles. The van der Waals surface area contributed by atoms with E-state index >= 15 is 0 Å². The maximum atomic E-state index is 12.7. The van der Waals surface area contributed by atoms with E-state index in [9.17, 15) is 9.59 Å². The molecule has 148 valence electrons. The van der Waals surface area contributed by atoms with Gasteiger partial charge in [0.25, 0.3) is 11.1 Å². The second kappa shape index (κ2) is 7.92. The van der Waals surface area contributed by atoms with Crippen molar-refractivity contribution in [2.45, 2.75) is 48.9 Å². The van der Waals surface area contributed by atoms with Crippen molar-refractivity contribution in [2.75, 3.05) is 18.4 Å². The summed E-state index contributed by atoms with van der Waals surface area (Å²) in [6.45, 7) is 5.86. The van der Waals surface area contributed by atoms with Crippen LogP contribution in [0.1, 0.15) is 37.0 Å². The molecule has 3 saturated heterocycles. The molecule has 3 aliphatic heterocycles. The van der Waals surface area contributed by atoms with Crippen molar-refractivity contribution in [1.82, 2.24) is 20.4 Å². The predicted molar refractivity (Wildman–Crippen MR) is 104 cm³/mol. The normalized spacial score (nSPS) is 26.1. The first kappa shape index (κ1) is 18.9. The van der Waals surface area contributed by atoms with Crippen molar-refractivity contribution in [3.8, 4) is 0 Å². The molecular formula is C19H23N5O3S. The van der Waals surface area contributed by atoms with Crippen LogP contribution in [-0.4, -0.2) is 52.1 Å². The molecule has 4 heterocycles. The fraction of sp³-hybridized carbons (Fsp3) is 0.474. The molecular weight excluding hydrogens is 378 g/mol. The molecule has 0 saturated carbocycles. The summed E-state index contributed by atoms with van der Waals surface area (Å²) < 4.78 is 5.34. The number of fused-ring (bicyclic) bond motifs is 3. The molecule has 0 spiro atoms. The summed E-state index contributed by atoms with van der Waals surface area (Å²) in [6, 6.07) is 7.97. The second-order valence-electron chi connectivity index (χ2n) is 7.29. The second-order valence-corrected chi connectivity index (χ2v) is 8.32. The van der Waals surface area contributed by atoms with E-state index in [1.54, 1.807) is 12.1 Å². The lowest BCUT2D eigenvalue weighted by Crippen LogP contribution is -2.62. The zero-order chi connectivity index (χ0) is 19.7. The van der Waals surface area contributed by atoms with Gasteiger partial charge in [0, 0.05) is 29.5 Å². The Morgan fingerprint density at radius 3 is 2.54 bits per heavy atom. The van der Waals surface area contributed by atoms with E-state index in [4.69, 9.17) is 4.42 Å². The smallest absolute Gasteiger partial charge is 0.322 e. The molecule has 9 heteroatoms. The first-order valence-electron chi connectivity index (χ1n) is 9.43. The number of hydrogen-bond donors (Lipinski definition) is 2. The number of amides is 2. The summed E-state index contributed by atoms with van der Waals surface area (Å²) >= 11 is 1.27. The highest BCUT2D eigenvalue weighted by molar-refractivity contribution is 7.99. The van der Waals surface area contributed by atoms with Crippen LogP contribution in [0.2, 0.25) is 0 Å². The Bertz CT molecular complexity index is 859. The summed E-state index contributed by atoms with van der Waals surface area (Å²) in [4.78, 5) is 27.0. The summed E-state index contributed by atoms with van der Waals surface area (Å²) in [5.74, 6) is 0.273. The Balaban J connectivity index is 1.37. The lowest BCUT2D eigenvalue weighted by molar-refractivity contribution is -0.114. The molecule has 0 radical (unpaired) electrons. The number of piperidine rings is 3. The Kier molecular flexibility index (Phi) is 5.36. The average molecular weight is 401 g/mol. The molecule has 3 aliphatic rings. The van der Waals surface area contributed by atoms with Gasteiger partial charge < -0.3 is 9.73 Å². The largest absolute Gasteiger partial charge is 0.397 e. The lowest BCUT2D eigenvalue weighted by atomic mass is 9.79. The van der Waals surface area contributed by atoms with Crippen molar-refractivity contribution in [2.24, 2.45) is 5.92 Å². The predicted octanol–water partition coefficient (Wildman–Crippen LogP) is 2.39. The molecule has 28 heavy (non-hydrogen) atoms. The topological polar surface area (TPSA) is 100 Å². The molecule has 2 aromatic rings. The minimum absolute atomic E-state index is 0.0344. The number of carbonyl (C=O) groups excluding carboxylic acids is 2. The Hall–Kier alpha value is -2.39. The highest BCUT2D eigenvalue weighted by atomic mass is 32.2. The molecule has 0 aliphatic carbocycles. The number of anilines is 1. The van der Waals surface area contributed by atoms with Gasteiger partial charge in [-0.15, -0.1) is 0 Å². The fourth-order valence-corrected chi connectivity index (χ4v) is 4.68. The van der Waals surface area contributed by atoms with Crippen LogP contribution < -0.4 is 10.6 Å². The van der Waals surface area contributed by atoms with Gasteiger partial charge in [-0.3, -0.25) is 19.8 Å². The Morgan fingerprint density at radius 1 is 1.18 bits per heavy atom. The van der Waals surface area contributed by atoms with Crippen LogP contribution in [0.3, 0.4) is 0 Å². The minimum Gasteiger partial charge on any atom is -0.397 e. The molecule has 2 amide bonds. The minimum atomic E-state index is -0.270. The van der Waals surface area contributed by atoms with Crippen LogP contribution in [0.25, 0.3) is 0 Å². The van der Waals surface area contributed by atoms with E-state index in [1.165, 1.54) is 18.7 Å². The van der Waals surface area contributed by atoms with Gasteiger partial charge in [0.1, 0.15) is 0 Å². The zero-order valence-corrected chi connectivity index (χ0v) is 16.7. The highest BCUT2D eigenvalue weighted by Crippen LogP contribution is 2.32. The SMILES string of the molecule is CC(=O)Nc1nnc(Sc2ccc(C(=O)NC3C4CCN(CC4)C3C)cc2)o1. The fourth-order valence-electron chi connectivity index (χ4n) is 4.01. The number of aromatic nitrogens is 2. The van der Waals surface area contributed by atoms with Crippen molar-refractivity contribution >= 4 is 29.6 Å². The van der Waals surface area contributed by atoms with Crippen LogP contribution in [0.4, 0.5) is 6.01 Å². The van der Waals surface area contributed by atoms with Crippen molar-refractivity contribution in [3.05, 3.63) is 29.8 Å². The third-order valence-electron chi connectivity index (χ3n) is 5.49. The first-order valence-corrected chi connectivity index (χ1v) is 10.2. The number of nitrogens with zero attached hydrogens (tertiary/aromatic N) is 3. The zero-order valence-electron chi connectivity index (χ0n) is 15.8. The van der Waals surface area contributed by atoms with Gasteiger partial charge >= 0.3 is 6.01 Å². The van der Waals surface area contributed by atoms with E-state index in [0.717, 1.165) is 30.8 Å². The van der Waals surface area contributed by atoms with Crippen LogP contribution in [0, 0.1) is 5.92 Å². The molecule has 8 nitrogen and oxygen atoms in total. The van der Waals surface area contributed by atoms with E-state index in [0.29, 0.717) is 22.7 Å². The number of nitrogens with one attached hydrogen (secondary N) is 2. The van der Waals surface area contributed by atoms with Crippen LogP contribution in [-0.2, 0) is 4.79 Å². The van der Waals surface area contributed by atoms with Crippen molar-refractivity contribution in [3.63, 3.8) is 0 Å². The molecule has 1 aromatic carbocycles. The van der Waals surface area contributed by atoms with Gasteiger partial charge in [0.15, 0.2) is 0 Å². The summed E-state index contributed by atoms with van der Waals surface area (Å²) in [7, 11) is 0. The number of benzene rings is 1. The third-order valence-corrected chi connectivity index (χ3v) is 6.33. The average Bonchev–Trinajstić information content (AvgIpc) is 3.11. The third kappa shape index (κ3) is 4.05. The first-order chi connectivity index (χ1) is 13.5. The van der Waals surface area contributed by atoms with Gasteiger partial charge in [-0.1, -0.05) is 10.2 Å². The number of hydrogen-bond acceptors (Lipinski definition) is 7. The van der Waals surface area contributed by atoms with Gasteiger partial charge in [-0.05, 0) is 74.8 Å². The van der Waals surface area contributed by atoms with Crippen LogP contribution in [0.5, 0.6) is 0 Å². The summed E-state index contributed by atoms with van der Waals surface area (Å²) in [5.41, 5.74) is 0.637.